The Balaban J connectivity index is 1.87. The SMILES string of the molecule is COc1ccc2nc(C)n(CN3CCC(C(N)=O)CC3)c(=O)c2c1. The molecule has 0 spiro atoms. The molecule has 0 radical (unpaired) electrons. The van der Waals surface area contributed by atoms with E-state index in [-0.39, 0.29) is 17.4 Å². The third kappa shape index (κ3) is 3.12. The smallest absolute Gasteiger partial charge is 0.262 e. The van der Waals surface area contributed by atoms with Gasteiger partial charge in [0.25, 0.3) is 5.56 Å². The molecule has 0 atom stereocenters. The lowest BCUT2D eigenvalue weighted by Crippen LogP contribution is -2.41. The summed E-state index contributed by atoms with van der Waals surface area (Å²) < 4.78 is 6.87. The molecule has 1 amide bonds. The van der Waals surface area contributed by atoms with E-state index in [4.69, 9.17) is 10.5 Å². The highest BCUT2D eigenvalue weighted by atomic mass is 16.5. The van der Waals surface area contributed by atoms with Gasteiger partial charge in [0.05, 0.1) is 24.7 Å². The summed E-state index contributed by atoms with van der Waals surface area (Å²) >= 11 is 0. The quantitative estimate of drug-likeness (QED) is 0.898. The van der Waals surface area contributed by atoms with Crippen LogP contribution in [-0.2, 0) is 11.5 Å². The van der Waals surface area contributed by atoms with Crippen LogP contribution < -0.4 is 16.0 Å². The number of aryl methyl sites for hydroxylation is 1. The van der Waals surface area contributed by atoms with Gasteiger partial charge in [0.15, 0.2) is 0 Å². The summed E-state index contributed by atoms with van der Waals surface area (Å²) in [6.45, 7) is 3.79. The van der Waals surface area contributed by atoms with Crippen molar-refractivity contribution < 1.29 is 9.53 Å². The molecular weight excluding hydrogens is 308 g/mol. The molecule has 7 nitrogen and oxygen atoms in total. The number of fused-ring (bicyclic) bond motifs is 1. The van der Waals surface area contributed by atoms with Crippen LogP contribution in [0.3, 0.4) is 0 Å². The largest absolute Gasteiger partial charge is 0.497 e. The summed E-state index contributed by atoms with van der Waals surface area (Å²) in [6.07, 6.45) is 1.47. The fourth-order valence-electron chi connectivity index (χ4n) is 3.16. The van der Waals surface area contributed by atoms with Crippen molar-refractivity contribution in [1.29, 1.82) is 0 Å². The number of likely N-dealkylation sites (tertiary alicyclic amines) is 1. The van der Waals surface area contributed by atoms with Crippen LogP contribution in [0.5, 0.6) is 5.75 Å². The number of methoxy groups -OCH3 is 1. The lowest BCUT2D eigenvalue weighted by atomic mass is 9.97. The van der Waals surface area contributed by atoms with Gasteiger partial charge in [0.1, 0.15) is 11.6 Å². The van der Waals surface area contributed by atoms with Crippen LogP contribution in [0.1, 0.15) is 18.7 Å². The number of amides is 1. The van der Waals surface area contributed by atoms with Crippen molar-refractivity contribution in [2.75, 3.05) is 20.2 Å². The molecule has 1 aliphatic rings. The molecule has 24 heavy (non-hydrogen) atoms. The highest BCUT2D eigenvalue weighted by molar-refractivity contribution is 5.79. The van der Waals surface area contributed by atoms with Gasteiger partial charge in [0, 0.05) is 19.0 Å². The average Bonchev–Trinajstić information content (AvgIpc) is 2.58. The van der Waals surface area contributed by atoms with E-state index in [1.54, 1.807) is 29.9 Å². The van der Waals surface area contributed by atoms with Crippen molar-refractivity contribution in [3.63, 3.8) is 0 Å². The summed E-state index contributed by atoms with van der Waals surface area (Å²) in [5, 5.41) is 0.548. The average molecular weight is 330 g/mol. The number of aromatic nitrogens is 2. The number of rotatable bonds is 4. The molecule has 0 unspecified atom stereocenters. The standard InChI is InChI=1S/C17H22N4O3/c1-11-19-15-4-3-13(24-2)9-14(15)17(23)21(11)10-20-7-5-12(6-8-20)16(18)22/h3-4,9,12H,5-8,10H2,1-2H3,(H2,18,22). The third-order valence-electron chi connectivity index (χ3n) is 4.68. The van der Waals surface area contributed by atoms with Gasteiger partial charge in [-0.2, -0.15) is 0 Å². The van der Waals surface area contributed by atoms with E-state index < -0.39 is 0 Å². The van der Waals surface area contributed by atoms with Crippen LogP contribution in [0.15, 0.2) is 23.0 Å². The Bertz CT molecular complexity index is 822. The van der Waals surface area contributed by atoms with Gasteiger partial charge in [0.2, 0.25) is 5.91 Å². The maximum atomic E-state index is 12.8. The minimum absolute atomic E-state index is 0.0574. The zero-order valence-corrected chi connectivity index (χ0v) is 14.0. The second-order valence-corrected chi connectivity index (χ2v) is 6.21. The van der Waals surface area contributed by atoms with Crippen LogP contribution in [0.4, 0.5) is 0 Å². The van der Waals surface area contributed by atoms with Gasteiger partial charge < -0.3 is 10.5 Å². The number of nitrogens with zero attached hydrogens (tertiary/aromatic N) is 3. The van der Waals surface area contributed by atoms with Crippen molar-refractivity contribution in [3.8, 4) is 5.75 Å². The van der Waals surface area contributed by atoms with Crippen molar-refractivity contribution in [1.82, 2.24) is 14.5 Å². The summed E-state index contributed by atoms with van der Waals surface area (Å²) in [5.74, 6) is 1.02. The number of nitrogens with two attached hydrogens (primary N) is 1. The predicted octanol–water partition coefficient (Wildman–Crippen LogP) is 0.868. The lowest BCUT2D eigenvalue weighted by Gasteiger charge is -2.31. The second-order valence-electron chi connectivity index (χ2n) is 6.21. The molecule has 0 aliphatic carbocycles. The molecule has 1 aromatic heterocycles. The fourth-order valence-corrected chi connectivity index (χ4v) is 3.16. The molecule has 7 heteroatoms. The molecule has 1 aliphatic heterocycles. The maximum absolute atomic E-state index is 12.8. The van der Waals surface area contributed by atoms with Crippen LogP contribution in [0.2, 0.25) is 0 Å². The molecule has 1 aromatic carbocycles. The first kappa shape index (κ1) is 16.4. The Morgan fingerprint density at radius 2 is 2.08 bits per heavy atom. The summed E-state index contributed by atoms with van der Waals surface area (Å²) in [6, 6.07) is 5.32. The molecular formula is C17H22N4O3. The van der Waals surface area contributed by atoms with Crippen LogP contribution in [0.25, 0.3) is 10.9 Å². The summed E-state index contributed by atoms with van der Waals surface area (Å²) in [5.41, 5.74) is 5.96. The van der Waals surface area contributed by atoms with Crippen molar-refractivity contribution >= 4 is 16.8 Å². The van der Waals surface area contributed by atoms with Gasteiger partial charge >= 0.3 is 0 Å². The number of hydrogen-bond donors (Lipinski definition) is 1. The molecule has 0 saturated carbocycles. The maximum Gasteiger partial charge on any atom is 0.262 e. The number of primary amides is 1. The second kappa shape index (κ2) is 6.60. The first-order valence-electron chi connectivity index (χ1n) is 8.06. The van der Waals surface area contributed by atoms with E-state index in [0.717, 1.165) is 25.9 Å². The molecule has 128 valence electrons. The van der Waals surface area contributed by atoms with Crippen molar-refractivity contribution in [2.24, 2.45) is 11.7 Å². The number of carbonyl (C=O) groups excluding carboxylic acids is 1. The summed E-state index contributed by atoms with van der Waals surface area (Å²) in [4.78, 5) is 30.8. The zero-order chi connectivity index (χ0) is 17.3. The van der Waals surface area contributed by atoms with Gasteiger partial charge in [-0.15, -0.1) is 0 Å². The van der Waals surface area contributed by atoms with E-state index in [0.29, 0.717) is 29.1 Å². The Morgan fingerprint density at radius 3 is 2.71 bits per heavy atom. The first-order valence-corrected chi connectivity index (χ1v) is 8.06. The number of benzene rings is 1. The lowest BCUT2D eigenvalue weighted by molar-refractivity contribution is -0.123. The van der Waals surface area contributed by atoms with E-state index in [9.17, 15) is 9.59 Å². The van der Waals surface area contributed by atoms with Gasteiger partial charge in [-0.3, -0.25) is 19.1 Å². The molecule has 3 rings (SSSR count). The van der Waals surface area contributed by atoms with E-state index >= 15 is 0 Å². The van der Waals surface area contributed by atoms with Crippen molar-refractivity contribution in [2.45, 2.75) is 26.4 Å². The fraction of sp³-hybridized carbons (Fsp3) is 0.471. The monoisotopic (exact) mass is 330 g/mol. The highest BCUT2D eigenvalue weighted by Gasteiger charge is 2.23. The van der Waals surface area contributed by atoms with Crippen LogP contribution in [-0.4, -0.2) is 40.6 Å². The Kier molecular flexibility index (Phi) is 4.53. The number of hydrogen-bond acceptors (Lipinski definition) is 5. The molecule has 1 saturated heterocycles. The van der Waals surface area contributed by atoms with E-state index in [1.807, 2.05) is 6.92 Å². The van der Waals surface area contributed by atoms with Gasteiger partial charge in [-0.25, -0.2) is 4.98 Å². The highest BCUT2D eigenvalue weighted by Crippen LogP contribution is 2.19. The molecule has 1 fully saturated rings. The number of ether oxygens (including phenoxy) is 1. The normalized spacial score (nSPS) is 16.4. The molecule has 2 aromatic rings. The minimum atomic E-state index is -0.234. The molecule has 2 heterocycles. The van der Waals surface area contributed by atoms with Crippen LogP contribution in [0, 0.1) is 12.8 Å². The third-order valence-corrected chi connectivity index (χ3v) is 4.68. The van der Waals surface area contributed by atoms with Gasteiger partial charge in [-0.05, 0) is 38.0 Å². The predicted molar refractivity (Wildman–Crippen MR) is 90.8 cm³/mol. The van der Waals surface area contributed by atoms with E-state index in [2.05, 4.69) is 9.88 Å². The minimum Gasteiger partial charge on any atom is -0.497 e. The molecule has 2 N–H and O–H groups in total. The Labute approximate surface area is 140 Å². The first-order chi connectivity index (χ1) is 11.5. The van der Waals surface area contributed by atoms with E-state index in [1.165, 1.54) is 0 Å². The Morgan fingerprint density at radius 1 is 1.38 bits per heavy atom. The summed E-state index contributed by atoms with van der Waals surface area (Å²) in [7, 11) is 1.57. The van der Waals surface area contributed by atoms with Crippen LogP contribution >= 0.6 is 0 Å². The van der Waals surface area contributed by atoms with Crippen molar-refractivity contribution in [3.05, 3.63) is 34.4 Å². The topological polar surface area (TPSA) is 90.4 Å². The molecule has 0 bridgehead atoms. The van der Waals surface area contributed by atoms with Gasteiger partial charge in [-0.1, -0.05) is 0 Å². The zero-order valence-electron chi connectivity index (χ0n) is 14.0. The Hall–Kier alpha value is -2.41. The number of piperidine rings is 1. The number of carbonyl (C=O) groups is 1.